The predicted octanol–water partition coefficient (Wildman–Crippen LogP) is 1.54. The zero-order chi connectivity index (χ0) is 10.8. The van der Waals surface area contributed by atoms with Crippen LogP contribution in [0.1, 0.15) is 20.3 Å². The fourth-order valence-electron chi connectivity index (χ4n) is 1.15. The fourth-order valence-corrected chi connectivity index (χ4v) is 2.00. The molecule has 0 saturated carbocycles. The van der Waals surface area contributed by atoms with Crippen molar-refractivity contribution >= 4 is 22.8 Å². The lowest BCUT2D eigenvalue weighted by atomic mass is 10.4. The van der Waals surface area contributed by atoms with Crippen LogP contribution in [-0.2, 0) is 0 Å². The van der Waals surface area contributed by atoms with Gasteiger partial charge in [-0.2, -0.15) is 5.10 Å². The molecular weight excluding hydrogens is 212 g/mol. The Morgan fingerprint density at radius 2 is 2.40 bits per heavy atom. The van der Waals surface area contributed by atoms with Gasteiger partial charge in [-0.3, -0.25) is 9.89 Å². The molecule has 2 heterocycles. The third-order valence-corrected chi connectivity index (χ3v) is 3.34. The van der Waals surface area contributed by atoms with Gasteiger partial charge in [-0.25, -0.2) is 4.98 Å². The van der Waals surface area contributed by atoms with Gasteiger partial charge in [0, 0.05) is 5.25 Å². The van der Waals surface area contributed by atoms with Crippen molar-refractivity contribution in [2.75, 3.05) is 0 Å². The number of hydrogen-bond donors (Lipinski definition) is 2. The maximum Gasteiger partial charge on any atom is 0.262 e. The largest absolute Gasteiger partial charge is 0.301 e. The molecule has 0 bridgehead atoms. The molecule has 0 amide bonds. The number of H-pyrrole nitrogens is 2. The van der Waals surface area contributed by atoms with Gasteiger partial charge in [0.2, 0.25) is 0 Å². The molecule has 80 valence electrons. The van der Waals surface area contributed by atoms with Gasteiger partial charge in [0.25, 0.3) is 5.56 Å². The number of fused-ring (bicyclic) bond motifs is 1. The summed E-state index contributed by atoms with van der Waals surface area (Å²) in [7, 11) is 0. The fraction of sp³-hybridized carbons (Fsp3) is 0.444. The Hall–Kier alpha value is -1.30. The number of aromatic amines is 2. The minimum atomic E-state index is -0.139. The van der Waals surface area contributed by atoms with E-state index in [2.05, 4.69) is 34.0 Å². The zero-order valence-electron chi connectivity index (χ0n) is 8.57. The molecule has 0 aliphatic heterocycles. The predicted molar refractivity (Wildman–Crippen MR) is 60.1 cm³/mol. The lowest BCUT2D eigenvalue weighted by molar-refractivity contribution is 0.884. The molecule has 0 radical (unpaired) electrons. The number of nitrogens with one attached hydrogen (secondary N) is 2. The average Bonchev–Trinajstić information content (AvgIpc) is 2.66. The van der Waals surface area contributed by atoms with Crippen LogP contribution in [0.15, 0.2) is 16.1 Å². The van der Waals surface area contributed by atoms with E-state index in [0.29, 0.717) is 21.4 Å². The molecule has 2 rings (SSSR count). The van der Waals surface area contributed by atoms with E-state index < -0.39 is 0 Å². The number of rotatable bonds is 3. The van der Waals surface area contributed by atoms with E-state index in [1.54, 1.807) is 11.8 Å². The minimum Gasteiger partial charge on any atom is -0.301 e. The van der Waals surface area contributed by atoms with Crippen molar-refractivity contribution < 1.29 is 0 Å². The summed E-state index contributed by atoms with van der Waals surface area (Å²) in [6.45, 7) is 4.20. The van der Waals surface area contributed by atoms with E-state index in [1.165, 1.54) is 6.20 Å². The maximum absolute atomic E-state index is 11.6. The normalized spacial score (nSPS) is 13.2. The molecule has 0 unspecified atom stereocenters. The number of nitrogens with zero attached hydrogens (tertiary/aromatic N) is 2. The molecule has 0 aliphatic carbocycles. The third kappa shape index (κ3) is 2.04. The molecule has 2 aromatic rings. The smallest absolute Gasteiger partial charge is 0.262 e. The van der Waals surface area contributed by atoms with E-state index in [-0.39, 0.29) is 5.56 Å². The summed E-state index contributed by atoms with van der Waals surface area (Å²) < 4.78 is 0. The SMILES string of the molecule is CC[C@@H](C)Sc1nc2[nH]ncc2c(=O)[nH]1. The summed E-state index contributed by atoms with van der Waals surface area (Å²) in [6, 6.07) is 0. The topological polar surface area (TPSA) is 74.4 Å². The molecule has 0 saturated heterocycles. The van der Waals surface area contributed by atoms with Crippen LogP contribution in [0.25, 0.3) is 11.0 Å². The second-order valence-corrected chi connectivity index (χ2v) is 4.77. The van der Waals surface area contributed by atoms with Gasteiger partial charge in [-0.15, -0.1) is 0 Å². The average molecular weight is 224 g/mol. The third-order valence-electron chi connectivity index (χ3n) is 2.19. The summed E-state index contributed by atoms with van der Waals surface area (Å²) in [5, 5.41) is 8.07. The van der Waals surface area contributed by atoms with Crippen molar-refractivity contribution in [3.05, 3.63) is 16.6 Å². The van der Waals surface area contributed by atoms with Crippen molar-refractivity contribution in [2.24, 2.45) is 0 Å². The maximum atomic E-state index is 11.6. The Balaban J connectivity index is 2.41. The van der Waals surface area contributed by atoms with E-state index in [1.807, 2.05) is 0 Å². The first-order valence-electron chi connectivity index (χ1n) is 4.80. The molecule has 0 aliphatic rings. The van der Waals surface area contributed by atoms with E-state index in [4.69, 9.17) is 0 Å². The highest BCUT2D eigenvalue weighted by Gasteiger charge is 2.08. The Morgan fingerprint density at radius 1 is 1.60 bits per heavy atom. The van der Waals surface area contributed by atoms with Crippen LogP contribution in [0, 0.1) is 0 Å². The van der Waals surface area contributed by atoms with Crippen LogP contribution in [0.2, 0.25) is 0 Å². The van der Waals surface area contributed by atoms with Gasteiger partial charge in [-0.1, -0.05) is 25.6 Å². The minimum absolute atomic E-state index is 0.139. The molecule has 6 heteroatoms. The first-order valence-corrected chi connectivity index (χ1v) is 5.68. The molecule has 0 aromatic carbocycles. The lowest BCUT2D eigenvalue weighted by Crippen LogP contribution is -2.09. The van der Waals surface area contributed by atoms with Gasteiger partial charge in [0.15, 0.2) is 10.8 Å². The van der Waals surface area contributed by atoms with Gasteiger partial charge in [0.1, 0.15) is 5.39 Å². The van der Waals surface area contributed by atoms with Crippen LogP contribution >= 0.6 is 11.8 Å². The van der Waals surface area contributed by atoms with Crippen LogP contribution in [0.4, 0.5) is 0 Å². The summed E-state index contributed by atoms with van der Waals surface area (Å²) in [4.78, 5) is 18.6. The number of thioether (sulfide) groups is 1. The van der Waals surface area contributed by atoms with Crippen molar-refractivity contribution in [1.82, 2.24) is 20.2 Å². The van der Waals surface area contributed by atoms with Gasteiger partial charge >= 0.3 is 0 Å². The first kappa shape index (κ1) is 10.2. The molecule has 5 nitrogen and oxygen atoms in total. The standard InChI is InChI=1S/C9H12N4OS/c1-3-5(2)15-9-11-7-6(4-10-13-7)8(14)12-9/h4-5H,3H2,1-2H3,(H2,10,11,12,13,14)/t5-/m1/s1. The van der Waals surface area contributed by atoms with Crippen LogP contribution in [-0.4, -0.2) is 25.4 Å². The lowest BCUT2D eigenvalue weighted by Gasteiger charge is -2.05. The first-order chi connectivity index (χ1) is 7.20. The van der Waals surface area contributed by atoms with Crippen molar-refractivity contribution in [3.8, 4) is 0 Å². The van der Waals surface area contributed by atoms with E-state index >= 15 is 0 Å². The second-order valence-electron chi connectivity index (χ2n) is 3.34. The van der Waals surface area contributed by atoms with E-state index in [9.17, 15) is 4.79 Å². The summed E-state index contributed by atoms with van der Waals surface area (Å²) in [6.07, 6.45) is 2.52. The highest BCUT2D eigenvalue weighted by Crippen LogP contribution is 2.20. The Morgan fingerprint density at radius 3 is 3.13 bits per heavy atom. The molecule has 2 N–H and O–H groups in total. The molecule has 2 aromatic heterocycles. The summed E-state index contributed by atoms with van der Waals surface area (Å²) >= 11 is 1.56. The van der Waals surface area contributed by atoms with E-state index in [0.717, 1.165) is 6.42 Å². The summed E-state index contributed by atoms with van der Waals surface area (Å²) in [5.74, 6) is 0. The Labute approximate surface area is 90.7 Å². The zero-order valence-corrected chi connectivity index (χ0v) is 9.39. The van der Waals surface area contributed by atoms with Crippen molar-refractivity contribution in [2.45, 2.75) is 30.7 Å². The molecule has 0 spiro atoms. The number of hydrogen-bond acceptors (Lipinski definition) is 4. The molecule has 15 heavy (non-hydrogen) atoms. The Kier molecular flexibility index (Phi) is 2.77. The number of aromatic nitrogens is 4. The highest BCUT2D eigenvalue weighted by atomic mass is 32.2. The van der Waals surface area contributed by atoms with Crippen LogP contribution in [0.5, 0.6) is 0 Å². The monoisotopic (exact) mass is 224 g/mol. The molecule has 0 fully saturated rings. The van der Waals surface area contributed by atoms with Crippen LogP contribution < -0.4 is 5.56 Å². The van der Waals surface area contributed by atoms with Gasteiger partial charge < -0.3 is 4.98 Å². The quantitative estimate of drug-likeness (QED) is 0.612. The second kappa shape index (κ2) is 4.06. The Bertz CT molecular complexity index is 518. The highest BCUT2D eigenvalue weighted by molar-refractivity contribution is 7.99. The van der Waals surface area contributed by atoms with Crippen molar-refractivity contribution in [1.29, 1.82) is 0 Å². The summed E-state index contributed by atoms with van der Waals surface area (Å²) in [5.41, 5.74) is 0.407. The van der Waals surface area contributed by atoms with Crippen LogP contribution in [0.3, 0.4) is 0 Å². The van der Waals surface area contributed by atoms with Crippen molar-refractivity contribution in [3.63, 3.8) is 0 Å². The van der Waals surface area contributed by atoms with Gasteiger partial charge in [-0.05, 0) is 6.42 Å². The van der Waals surface area contributed by atoms with Gasteiger partial charge in [0.05, 0.1) is 6.20 Å². The molecular formula is C9H12N4OS. The molecule has 1 atom stereocenters.